The first-order chi connectivity index (χ1) is 6.63. The molecule has 2 heteroatoms. The van der Waals surface area contributed by atoms with Crippen molar-refractivity contribution < 1.29 is 9.84 Å². The highest BCUT2D eigenvalue weighted by atomic mass is 16.5. The fourth-order valence-corrected chi connectivity index (χ4v) is 1.31. The Morgan fingerprint density at radius 3 is 2.71 bits per heavy atom. The van der Waals surface area contributed by atoms with Gasteiger partial charge in [0, 0.05) is 0 Å². The molecule has 0 heterocycles. The molecule has 0 amide bonds. The number of ether oxygens (including phenoxy) is 1. The zero-order valence-electron chi connectivity index (χ0n) is 9.03. The number of hydrogen-bond donors (Lipinski definition) is 1. The van der Waals surface area contributed by atoms with Crippen molar-refractivity contribution in [2.24, 2.45) is 0 Å². The minimum absolute atomic E-state index is 0.151. The molecule has 0 spiro atoms. The lowest BCUT2D eigenvalue weighted by molar-refractivity contribution is 0.0451. The Hall–Kier alpha value is -1.02. The Bertz CT molecular complexity index is 283. The number of rotatable bonds is 4. The van der Waals surface area contributed by atoms with Gasteiger partial charge in [0.2, 0.25) is 0 Å². The van der Waals surface area contributed by atoms with Crippen LogP contribution >= 0.6 is 0 Å². The van der Waals surface area contributed by atoms with Crippen LogP contribution in [0.25, 0.3) is 0 Å². The van der Waals surface area contributed by atoms with Gasteiger partial charge in [-0.3, -0.25) is 0 Å². The van der Waals surface area contributed by atoms with Crippen LogP contribution in [-0.4, -0.2) is 17.3 Å². The monoisotopic (exact) mass is 194 g/mol. The van der Waals surface area contributed by atoms with Gasteiger partial charge in [-0.25, -0.2) is 0 Å². The van der Waals surface area contributed by atoms with Gasteiger partial charge in [-0.15, -0.1) is 0 Å². The minimum Gasteiger partial charge on any atom is -0.488 e. The predicted molar refractivity (Wildman–Crippen MR) is 57.6 cm³/mol. The minimum atomic E-state index is -0.393. The molecule has 0 aliphatic rings. The molecule has 1 aromatic carbocycles. The van der Waals surface area contributed by atoms with E-state index in [1.807, 2.05) is 45.0 Å². The third-order valence-electron chi connectivity index (χ3n) is 2.27. The average molecular weight is 194 g/mol. The summed E-state index contributed by atoms with van der Waals surface area (Å²) in [6, 6.07) is 7.86. The Kier molecular flexibility index (Phi) is 3.96. The molecule has 2 nitrogen and oxygen atoms in total. The summed E-state index contributed by atoms with van der Waals surface area (Å²) in [5, 5.41) is 9.53. The van der Waals surface area contributed by atoms with Gasteiger partial charge in [-0.05, 0) is 38.0 Å². The van der Waals surface area contributed by atoms with Crippen molar-refractivity contribution >= 4 is 0 Å². The maximum absolute atomic E-state index is 9.53. The highest BCUT2D eigenvalue weighted by Gasteiger charge is 2.13. The van der Waals surface area contributed by atoms with Crippen molar-refractivity contribution in [2.45, 2.75) is 39.4 Å². The number of hydrogen-bond acceptors (Lipinski definition) is 2. The Labute approximate surface area is 85.5 Å². The third kappa shape index (κ3) is 3.04. The Balaban J connectivity index is 2.60. The fourth-order valence-electron chi connectivity index (χ4n) is 1.31. The lowest BCUT2D eigenvalue weighted by atomic mass is 10.2. The summed E-state index contributed by atoms with van der Waals surface area (Å²) in [4.78, 5) is 0. The highest BCUT2D eigenvalue weighted by molar-refractivity contribution is 5.27. The van der Waals surface area contributed by atoms with Crippen LogP contribution in [0.4, 0.5) is 0 Å². The van der Waals surface area contributed by atoms with E-state index in [0.717, 1.165) is 5.75 Å². The van der Waals surface area contributed by atoms with E-state index in [-0.39, 0.29) is 6.10 Å². The molecule has 0 bridgehead atoms. The standard InChI is InChI=1S/C12H18O2/c1-4-12(13)10(3)14-11-7-5-6-9(2)8-11/h5-8,10,12-13H,4H2,1-3H3. The topological polar surface area (TPSA) is 29.5 Å². The molecule has 0 aromatic heterocycles. The van der Waals surface area contributed by atoms with E-state index in [2.05, 4.69) is 0 Å². The van der Waals surface area contributed by atoms with Crippen LogP contribution < -0.4 is 4.74 Å². The van der Waals surface area contributed by atoms with Crippen molar-refractivity contribution in [1.82, 2.24) is 0 Å². The van der Waals surface area contributed by atoms with Gasteiger partial charge in [-0.2, -0.15) is 0 Å². The summed E-state index contributed by atoms with van der Waals surface area (Å²) in [5.41, 5.74) is 1.17. The van der Waals surface area contributed by atoms with E-state index in [4.69, 9.17) is 4.74 Å². The predicted octanol–water partition coefficient (Wildman–Crippen LogP) is 2.53. The van der Waals surface area contributed by atoms with Crippen LogP contribution in [0.5, 0.6) is 5.75 Å². The first kappa shape index (κ1) is 11.1. The number of aryl methyl sites for hydroxylation is 1. The van der Waals surface area contributed by atoms with Gasteiger partial charge in [0.1, 0.15) is 11.9 Å². The smallest absolute Gasteiger partial charge is 0.122 e. The van der Waals surface area contributed by atoms with E-state index in [0.29, 0.717) is 6.42 Å². The molecule has 2 atom stereocenters. The van der Waals surface area contributed by atoms with E-state index in [1.165, 1.54) is 5.56 Å². The molecule has 78 valence electrons. The first-order valence-electron chi connectivity index (χ1n) is 5.05. The average Bonchev–Trinajstić information content (AvgIpc) is 2.16. The zero-order chi connectivity index (χ0) is 10.6. The van der Waals surface area contributed by atoms with Gasteiger partial charge in [0.25, 0.3) is 0 Å². The van der Waals surface area contributed by atoms with Crippen molar-refractivity contribution in [3.05, 3.63) is 29.8 Å². The van der Waals surface area contributed by atoms with Gasteiger partial charge in [-0.1, -0.05) is 19.1 Å². The molecule has 0 fully saturated rings. The van der Waals surface area contributed by atoms with E-state index < -0.39 is 6.10 Å². The quantitative estimate of drug-likeness (QED) is 0.798. The SMILES string of the molecule is CCC(O)C(C)Oc1cccc(C)c1. The lowest BCUT2D eigenvalue weighted by Gasteiger charge is -2.19. The highest BCUT2D eigenvalue weighted by Crippen LogP contribution is 2.15. The molecule has 0 radical (unpaired) electrons. The molecular formula is C12H18O2. The van der Waals surface area contributed by atoms with Gasteiger partial charge in [0.15, 0.2) is 0 Å². The summed E-state index contributed by atoms with van der Waals surface area (Å²) in [5.74, 6) is 0.824. The van der Waals surface area contributed by atoms with E-state index in [9.17, 15) is 5.11 Å². The maximum atomic E-state index is 9.53. The Morgan fingerprint density at radius 2 is 2.14 bits per heavy atom. The number of benzene rings is 1. The molecule has 1 rings (SSSR count). The van der Waals surface area contributed by atoms with Crippen LogP contribution in [-0.2, 0) is 0 Å². The molecular weight excluding hydrogens is 176 g/mol. The zero-order valence-corrected chi connectivity index (χ0v) is 9.03. The summed E-state index contributed by atoms with van der Waals surface area (Å²) < 4.78 is 5.60. The van der Waals surface area contributed by atoms with Crippen molar-refractivity contribution in [1.29, 1.82) is 0 Å². The van der Waals surface area contributed by atoms with Crippen LogP contribution in [0.15, 0.2) is 24.3 Å². The number of aliphatic hydroxyl groups excluding tert-OH is 1. The maximum Gasteiger partial charge on any atom is 0.122 e. The van der Waals surface area contributed by atoms with Crippen LogP contribution in [0, 0.1) is 6.92 Å². The summed E-state index contributed by atoms with van der Waals surface area (Å²) in [6.07, 6.45) is 0.171. The summed E-state index contributed by atoms with van der Waals surface area (Å²) in [6.45, 7) is 5.85. The Morgan fingerprint density at radius 1 is 1.43 bits per heavy atom. The van der Waals surface area contributed by atoms with Gasteiger partial charge < -0.3 is 9.84 Å². The molecule has 2 unspecified atom stereocenters. The normalized spacial score (nSPS) is 14.9. The fraction of sp³-hybridized carbons (Fsp3) is 0.500. The molecule has 0 saturated carbocycles. The summed E-state index contributed by atoms with van der Waals surface area (Å²) in [7, 11) is 0. The van der Waals surface area contributed by atoms with Gasteiger partial charge >= 0.3 is 0 Å². The molecule has 0 aliphatic heterocycles. The molecule has 0 aliphatic carbocycles. The summed E-state index contributed by atoms with van der Waals surface area (Å²) >= 11 is 0. The van der Waals surface area contributed by atoms with E-state index >= 15 is 0 Å². The molecule has 1 aromatic rings. The van der Waals surface area contributed by atoms with Crippen LogP contribution in [0.1, 0.15) is 25.8 Å². The number of aliphatic hydroxyl groups is 1. The largest absolute Gasteiger partial charge is 0.488 e. The van der Waals surface area contributed by atoms with Crippen molar-refractivity contribution in [3.63, 3.8) is 0 Å². The molecule has 14 heavy (non-hydrogen) atoms. The van der Waals surface area contributed by atoms with E-state index in [1.54, 1.807) is 0 Å². The third-order valence-corrected chi connectivity index (χ3v) is 2.27. The second-order valence-corrected chi connectivity index (χ2v) is 3.62. The second-order valence-electron chi connectivity index (χ2n) is 3.62. The van der Waals surface area contributed by atoms with Crippen molar-refractivity contribution in [2.75, 3.05) is 0 Å². The molecule has 1 N–H and O–H groups in total. The molecule has 0 saturated heterocycles. The lowest BCUT2D eigenvalue weighted by Crippen LogP contribution is -2.27. The second kappa shape index (κ2) is 5.01. The van der Waals surface area contributed by atoms with Crippen LogP contribution in [0.2, 0.25) is 0 Å². The van der Waals surface area contributed by atoms with Gasteiger partial charge in [0.05, 0.1) is 6.10 Å². The van der Waals surface area contributed by atoms with Crippen molar-refractivity contribution in [3.8, 4) is 5.75 Å². The van der Waals surface area contributed by atoms with Crippen LogP contribution in [0.3, 0.4) is 0 Å². The first-order valence-corrected chi connectivity index (χ1v) is 5.05.